The minimum Gasteiger partial charge on any atom is -0.315 e. The third kappa shape index (κ3) is 3.59. The molecule has 1 aliphatic heterocycles. The van der Waals surface area contributed by atoms with Gasteiger partial charge in [-0.2, -0.15) is 0 Å². The topological polar surface area (TPSA) is 18.5 Å². The smallest absolute Gasteiger partial charge is 0.0376 e. The van der Waals surface area contributed by atoms with E-state index in [0.717, 1.165) is 13.0 Å². The second-order valence-corrected chi connectivity index (χ2v) is 4.58. The second kappa shape index (κ2) is 6.26. The maximum Gasteiger partial charge on any atom is 0.0376 e. The van der Waals surface area contributed by atoms with E-state index in [-0.39, 0.29) is 0 Å². The molecule has 2 unspecified atom stereocenters. The van der Waals surface area contributed by atoms with Crippen LogP contribution in [-0.4, -0.2) is 62.7 Å². The van der Waals surface area contributed by atoms with Gasteiger partial charge in [-0.25, -0.2) is 0 Å². The van der Waals surface area contributed by atoms with Crippen molar-refractivity contribution in [1.82, 2.24) is 15.1 Å². The zero-order valence-corrected chi connectivity index (χ0v) is 10.4. The molecule has 0 radical (unpaired) electrons. The van der Waals surface area contributed by atoms with Crippen molar-refractivity contribution in [3.05, 3.63) is 12.7 Å². The highest BCUT2D eigenvalue weighted by molar-refractivity contribution is 4.90. The maximum atomic E-state index is 3.84. The van der Waals surface area contributed by atoms with Crippen molar-refractivity contribution in [1.29, 1.82) is 0 Å². The van der Waals surface area contributed by atoms with Gasteiger partial charge >= 0.3 is 0 Å². The molecule has 1 heterocycles. The first-order valence-corrected chi connectivity index (χ1v) is 5.86. The molecule has 0 aromatic heterocycles. The summed E-state index contributed by atoms with van der Waals surface area (Å²) < 4.78 is 0. The number of likely N-dealkylation sites (N-methyl/N-ethyl adjacent to an activating group) is 3. The number of hydrogen-bond acceptors (Lipinski definition) is 3. The molecular weight excluding hydrogens is 186 g/mol. The molecule has 0 aromatic rings. The van der Waals surface area contributed by atoms with Gasteiger partial charge in [0.2, 0.25) is 0 Å². The van der Waals surface area contributed by atoms with Crippen LogP contribution in [0.25, 0.3) is 0 Å². The summed E-state index contributed by atoms with van der Waals surface area (Å²) in [5, 5.41) is 3.41. The highest BCUT2D eigenvalue weighted by Crippen LogP contribution is 2.12. The third-order valence-electron chi connectivity index (χ3n) is 3.37. The Kier molecular flexibility index (Phi) is 5.29. The molecule has 1 saturated heterocycles. The fraction of sp³-hybridized carbons (Fsp3) is 0.833. The first-order valence-electron chi connectivity index (χ1n) is 5.86. The summed E-state index contributed by atoms with van der Waals surface area (Å²) >= 11 is 0. The molecule has 3 nitrogen and oxygen atoms in total. The van der Waals surface area contributed by atoms with Crippen molar-refractivity contribution in [2.24, 2.45) is 0 Å². The lowest BCUT2D eigenvalue weighted by atomic mass is 10.0. The third-order valence-corrected chi connectivity index (χ3v) is 3.37. The van der Waals surface area contributed by atoms with E-state index in [1.807, 2.05) is 13.1 Å². The Hall–Kier alpha value is -0.380. The van der Waals surface area contributed by atoms with Crippen LogP contribution in [0.2, 0.25) is 0 Å². The number of nitrogens with zero attached hydrogens (tertiary/aromatic N) is 2. The fourth-order valence-corrected chi connectivity index (χ4v) is 2.39. The van der Waals surface area contributed by atoms with Crippen LogP contribution in [-0.2, 0) is 0 Å². The van der Waals surface area contributed by atoms with Crippen molar-refractivity contribution in [3.63, 3.8) is 0 Å². The SMILES string of the molecule is C=CCC(NC)C1CN(C)CCCN1C. The van der Waals surface area contributed by atoms with E-state index in [9.17, 15) is 0 Å². The number of nitrogens with one attached hydrogen (secondary N) is 1. The first kappa shape index (κ1) is 12.7. The Morgan fingerprint density at radius 1 is 1.47 bits per heavy atom. The van der Waals surface area contributed by atoms with E-state index in [4.69, 9.17) is 0 Å². The molecule has 3 heteroatoms. The van der Waals surface area contributed by atoms with Gasteiger partial charge in [-0.15, -0.1) is 6.58 Å². The zero-order valence-electron chi connectivity index (χ0n) is 10.4. The van der Waals surface area contributed by atoms with E-state index >= 15 is 0 Å². The van der Waals surface area contributed by atoms with Gasteiger partial charge in [0.1, 0.15) is 0 Å². The molecule has 0 bridgehead atoms. The van der Waals surface area contributed by atoms with Crippen molar-refractivity contribution in [3.8, 4) is 0 Å². The predicted octanol–water partition coefficient (Wildman–Crippen LogP) is 0.786. The van der Waals surface area contributed by atoms with Crippen LogP contribution in [0, 0.1) is 0 Å². The summed E-state index contributed by atoms with van der Waals surface area (Å²) in [6, 6.07) is 1.12. The summed E-state index contributed by atoms with van der Waals surface area (Å²) in [6.07, 6.45) is 4.33. The van der Waals surface area contributed by atoms with Gasteiger partial charge in [0.15, 0.2) is 0 Å². The fourth-order valence-electron chi connectivity index (χ4n) is 2.39. The van der Waals surface area contributed by atoms with Crippen LogP contribution in [0.15, 0.2) is 12.7 Å². The van der Waals surface area contributed by atoms with Crippen LogP contribution in [0.3, 0.4) is 0 Å². The van der Waals surface area contributed by atoms with Gasteiger partial charge in [-0.05, 0) is 47.1 Å². The Morgan fingerprint density at radius 3 is 2.80 bits per heavy atom. The Morgan fingerprint density at radius 2 is 2.20 bits per heavy atom. The highest BCUT2D eigenvalue weighted by Gasteiger charge is 2.26. The summed E-state index contributed by atoms with van der Waals surface area (Å²) in [6.45, 7) is 7.40. The predicted molar refractivity (Wildman–Crippen MR) is 66.2 cm³/mol. The molecule has 15 heavy (non-hydrogen) atoms. The van der Waals surface area contributed by atoms with Gasteiger partial charge < -0.3 is 15.1 Å². The first-order chi connectivity index (χ1) is 7.19. The Balaban J connectivity index is 2.64. The summed E-state index contributed by atoms with van der Waals surface area (Å²) in [5.41, 5.74) is 0. The molecule has 0 spiro atoms. The average Bonchev–Trinajstić information content (AvgIpc) is 2.37. The molecule has 0 amide bonds. The summed E-state index contributed by atoms with van der Waals surface area (Å²) in [4.78, 5) is 4.91. The van der Waals surface area contributed by atoms with Gasteiger partial charge in [0, 0.05) is 18.6 Å². The minimum atomic E-state index is 0.521. The lowest BCUT2D eigenvalue weighted by Crippen LogP contribution is -2.51. The number of rotatable bonds is 4. The molecule has 1 fully saturated rings. The molecule has 0 saturated carbocycles. The molecule has 1 N–H and O–H groups in total. The zero-order chi connectivity index (χ0) is 11.3. The second-order valence-electron chi connectivity index (χ2n) is 4.58. The molecular formula is C12H25N3. The van der Waals surface area contributed by atoms with Crippen LogP contribution < -0.4 is 5.32 Å². The van der Waals surface area contributed by atoms with Crippen LogP contribution in [0.4, 0.5) is 0 Å². The quantitative estimate of drug-likeness (QED) is 0.694. The van der Waals surface area contributed by atoms with Gasteiger partial charge in [0.05, 0.1) is 0 Å². The lowest BCUT2D eigenvalue weighted by molar-refractivity contribution is 0.182. The van der Waals surface area contributed by atoms with Crippen LogP contribution in [0.1, 0.15) is 12.8 Å². The Bertz CT molecular complexity index is 193. The average molecular weight is 211 g/mol. The van der Waals surface area contributed by atoms with Crippen molar-refractivity contribution in [2.45, 2.75) is 24.9 Å². The largest absolute Gasteiger partial charge is 0.315 e. The van der Waals surface area contributed by atoms with E-state index in [0.29, 0.717) is 12.1 Å². The van der Waals surface area contributed by atoms with Crippen LogP contribution in [0.5, 0.6) is 0 Å². The minimum absolute atomic E-state index is 0.521. The molecule has 0 aliphatic carbocycles. The normalized spacial score (nSPS) is 27.3. The molecule has 88 valence electrons. The van der Waals surface area contributed by atoms with Gasteiger partial charge in [0.25, 0.3) is 0 Å². The van der Waals surface area contributed by atoms with E-state index < -0.39 is 0 Å². The highest BCUT2D eigenvalue weighted by atomic mass is 15.2. The molecule has 1 rings (SSSR count). The number of hydrogen-bond donors (Lipinski definition) is 1. The van der Waals surface area contributed by atoms with Crippen molar-refractivity contribution in [2.75, 3.05) is 40.8 Å². The van der Waals surface area contributed by atoms with E-state index in [1.165, 1.54) is 19.5 Å². The van der Waals surface area contributed by atoms with Crippen LogP contribution >= 0.6 is 0 Å². The van der Waals surface area contributed by atoms with Crippen molar-refractivity contribution >= 4 is 0 Å². The molecule has 2 atom stereocenters. The van der Waals surface area contributed by atoms with E-state index in [1.54, 1.807) is 0 Å². The standard InChI is InChI=1S/C12H25N3/c1-5-7-11(13-2)12-10-14(3)8-6-9-15(12)4/h5,11-13H,1,6-10H2,2-4H3. The monoisotopic (exact) mass is 211 g/mol. The van der Waals surface area contributed by atoms with Gasteiger partial charge in [-0.3, -0.25) is 0 Å². The Labute approximate surface area is 94.1 Å². The summed E-state index contributed by atoms with van der Waals surface area (Å²) in [5.74, 6) is 0. The molecule has 0 aromatic carbocycles. The summed E-state index contributed by atoms with van der Waals surface area (Å²) in [7, 11) is 6.50. The lowest BCUT2D eigenvalue weighted by Gasteiger charge is -2.34. The van der Waals surface area contributed by atoms with Crippen molar-refractivity contribution < 1.29 is 0 Å². The maximum absolute atomic E-state index is 3.84. The van der Waals surface area contributed by atoms with Gasteiger partial charge in [-0.1, -0.05) is 6.08 Å². The molecule has 1 aliphatic rings. The van der Waals surface area contributed by atoms with E-state index in [2.05, 4.69) is 35.8 Å².